The van der Waals surface area contributed by atoms with Crippen LogP contribution in [-0.2, 0) is 9.53 Å². The summed E-state index contributed by atoms with van der Waals surface area (Å²) in [6.45, 7) is 0. The summed E-state index contributed by atoms with van der Waals surface area (Å²) in [6, 6.07) is 6.55. The molecule has 6 nitrogen and oxygen atoms in total. The Morgan fingerprint density at radius 1 is 1.57 bits per heavy atom. The number of benzene rings is 1. The molecule has 7 heteroatoms. The van der Waals surface area contributed by atoms with Gasteiger partial charge in [0.15, 0.2) is 0 Å². The minimum Gasteiger partial charge on any atom is -0.469 e. The van der Waals surface area contributed by atoms with E-state index < -0.39 is 4.92 Å². The first-order chi connectivity index (χ1) is 10.0. The molecule has 0 aromatic heterocycles. The number of carbonyl (C=O) groups is 1. The van der Waals surface area contributed by atoms with E-state index in [1.807, 2.05) is 6.07 Å². The molecule has 1 aromatic rings. The topological polar surface area (TPSA) is 93.2 Å². The minimum atomic E-state index is -0.527. The quantitative estimate of drug-likeness (QED) is 0.347. The van der Waals surface area contributed by atoms with Gasteiger partial charge >= 0.3 is 11.7 Å². The predicted molar refractivity (Wildman–Crippen MR) is 76.8 cm³/mol. The molecule has 0 saturated heterocycles. The van der Waals surface area contributed by atoms with Gasteiger partial charge in [0.2, 0.25) is 0 Å². The molecule has 0 heterocycles. The lowest BCUT2D eigenvalue weighted by molar-refractivity contribution is -0.388. The molecule has 0 aliphatic heterocycles. The lowest BCUT2D eigenvalue weighted by atomic mass is 10.1. The van der Waals surface area contributed by atoms with Crippen LogP contribution in [-0.4, -0.2) is 23.8 Å². The van der Waals surface area contributed by atoms with Crippen LogP contribution in [0.1, 0.15) is 24.8 Å². The fourth-order valence-corrected chi connectivity index (χ4v) is 3.42. The zero-order valence-corrected chi connectivity index (χ0v) is 12.3. The van der Waals surface area contributed by atoms with Crippen molar-refractivity contribution in [2.75, 3.05) is 12.9 Å². The number of nitro groups is 1. The highest BCUT2D eigenvalue weighted by atomic mass is 32.2. The van der Waals surface area contributed by atoms with Crippen LogP contribution < -0.4 is 0 Å². The Kier molecular flexibility index (Phi) is 4.48. The van der Waals surface area contributed by atoms with Crippen molar-refractivity contribution in [3.63, 3.8) is 0 Å². The molecule has 0 unspecified atom stereocenters. The number of nitriles is 1. The monoisotopic (exact) mass is 306 g/mol. The van der Waals surface area contributed by atoms with Crippen molar-refractivity contribution in [1.29, 1.82) is 5.26 Å². The molecule has 0 atom stereocenters. The first-order valence-electron chi connectivity index (χ1n) is 6.38. The number of para-hydroxylation sites is 1. The number of hydrogen-bond donors (Lipinski definition) is 0. The molecular weight excluding hydrogens is 292 g/mol. The fourth-order valence-electron chi connectivity index (χ4n) is 2.08. The Bertz CT molecular complexity index is 620. The Labute approximate surface area is 126 Å². The average molecular weight is 306 g/mol. The van der Waals surface area contributed by atoms with Gasteiger partial charge in [-0.05, 0) is 30.4 Å². The van der Waals surface area contributed by atoms with Gasteiger partial charge in [-0.25, -0.2) is 0 Å². The van der Waals surface area contributed by atoms with Gasteiger partial charge in [0, 0.05) is 5.75 Å². The van der Waals surface area contributed by atoms with E-state index in [-0.39, 0.29) is 22.6 Å². The van der Waals surface area contributed by atoms with E-state index in [9.17, 15) is 14.9 Å². The van der Waals surface area contributed by atoms with E-state index in [4.69, 9.17) is 5.26 Å². The Balaban J connectivity index is 2.13. The van der Waals surface area contributed by atoms with Crippen molar-refractivity contribution in [3.05, 3.63) is 33.9 Å². The van der Waals surface area contributed by atoms with E-state index in [1.54, 1.807) is 12.1 Å². The Hall–Kier alpha value is -2.07. The summed E-state index contributed by atoms with van der Waals surface area (Å²) in [6.07, 6.45) is 2.17. The van der Waals surface area contributed by atoms with Crippen LogP contribution in [0.4, 0.5) is 5.69 Å². The van der Waals surface area contributed by atoms with E-state index in [0.717, 1.165) is 12.8 Å². The fraction of sp³-hybridized carbons (Fsp3) is 0.429. The number of esters is 1. The SMILES string of the molecule is COC(=O)CC1(CSc2cccc(C#N)c2[N+](=O)[O-])CC1. The van der Waals surface area contributed by atoms with Crippen molar-refractivity contribution in [2.24, 2.45) is 5.41 Å². The molecular formula is C14H14N2O4S. The molecule has 0 spiro atoms. The van der Waals surface area contributed by atoms with Crippen molar-refractivity contribution >= 4 is 23.4 Å². The summed E-state index contributed by atoms with van der Waals surface area (Å²) in [4.78, 5) is 22.4. The summed E-state index contributed by atoms with van der Waals surface area (Å²) >= 11 is 1.33. The van der Waals surface area contributed by atoms with Gasteiger partial charge < -0.3 is 4.74 Å². The van der Waals surface area contributed by atoms with Crippen LogP contribution in [0.3, 0.4) is 0 Å². The zero-order valence-electron chi connectivity index (χ0n) is 11.5. The molecule has 110 valence electrons. The molecule has 0 amide bonds. The van der Waals surface area contributed by atoms with Gasteiger partial charge in [-0.3, -0.25) is 14.9 Å². The predicted octanol–water partition coefficient (Wildman–Crippen LogP) is 2.90. The standard InChI is InChI=1S/C14H14N2O4S/c1-20-12(17)7-14(5-6-14)9-21-11-4-2-3-10(8-15)13(11)16(18)19/h2-4H,5-7,9H2,1H3. The minimum absolute atomic E-state index is 0.0582. The summed E-state index contributed by atoms with van der Waals surface area (Å²) in [5.74, 6) is 0.353. The van der Waals surface area contributed by atoms with Gasteiger partial charge in [-0.15, -0.1) is 11.8 Å². The average Bonchev–Trinajstić information content (AvgIpc) is 3.24. The molecule has 2 rings (SSSR count). The number of methoxy groups -OCH3 is 1. The summed E-state index contributed by atoms with van der Waals surface area (Å²) in [7, 11) is 1.35. The molecule has 21 heavy (non-hydrogen) atoms. The lowest BCUT2D eigenvalue weighted by Crippen LogP contribution is -2.13. The second-order valence-electron chi connectivity index (χ2n) is 5.06. The number of ether oxygens (including phenoxy) is 1. The molecule has 1 fully saturated rings. The smallest absolute Gasteiger partial charge is 0.306 e. The van der Waals surface area contributed by atoms with Gasteiger partial charge in [0.1, 0.15) is 11.6 Å². The van der Waals surface area contributed by atoms with Crippen molar-refractivity contribution in [3.8, 4) is 6.07 Å². The number of nitro benzene ring substituents is 1. The lowest BCUT2D eigenvalue weighted by Gasteiger charge is -2.13. The summed E-state index contributed by atoms with van der Waals surface area (Å²) < 4.78 is 4.68. The van der Waals surface area contributed by atoms with Gasteiger partial charge in [0.05, 0.1) is 23.3 Å². The van der Waals surface area contributed by atoms with Crippen molar-refractivity contribution < 1.29 is 14.5 Å². The zero-order chi connectivity index (χ0) is 15.5. The molecule has 1 aliphatic carbocycles. The molecule has 0 radical (unpaired) electrons. The van der Waals surface area contributed by atoms with Crippen LogP contribution in [0.25, 0.3) is 0 Å². The van der Waals surface area contributed by atoms with Crippen LogP contribution in [0, 0.1) is 26.9 Å². The maximum absolute atomic E-state index is 11.4. The number of hydrogen-bond acceptors (Lipinski definition) is 6. The van der Waals surface area contributed by atoms with E-state index in [2.05, 4.69) is 4.74 Å². The maximum atomic E-state index is 11.4. The molecule has 0 N–H and O–H groups in total. The molecule has 1 aromatic carbocycles. The third-order valence-electron chi connectivity index (χ3n) is 3.54. The first kappa shape index (κ1) is 15.3. The third-order valence-corrected chi connectivity index (χ3v) is 4.94. The van der Waals surface area contributed by atoms with Crippen LogP contribution >= 0.6 is 11.8 Å². The molecule has 0 bridgehead atoms. The number of nitrogens with zero attached hydrogens (tertiary/aromatic N) is 2. The largest absolute Gasteiger partial charge is 0.469 e. The van der Waals surface area contributed by atoms with Gasteiger partial charge in [-0.1, -0.05) is 6.07 Å². The maximum Gasteiger partial charge on any atom is 0.306 e. The normalized spacial score (nSPS) is 15.0. The van der Waals surface area contributed by atoms with E-state index >= 15 is 0 Å². The van der Waals surface area contributed by atoms with E-state index in [0.29, 0.717) is 17.1 Å². The number of thioether (sulfide) groups is 1. The number of carbonyl (C=O) groups excluding carboxylic acids is 1. The Morgan fingerprint density at radius 2 is 2.29 bits per heavy atom. The summed E-state index contributed by atoms with van der Waals surface area (Å²) in [5, 5.41) is 20.1. The summed E-state index contributed by atoms with van der Waals surface area (Å²) in [5.41, 5.74) is -0.212. The number of rotatable bonds is 6. The first-order valence-corrected chi connectivity index (χ1v) is 7.37. The van der Waals surface area contributed by atoms with Crippen LogP contribution in [0.2, 0.25) is 0 Å². The van der Waals surface area contributed by atoms with Gasteiger partial charge in [-0.2, -0.15) is 5.26 Å². The van der Waals surface area contributed by atoms with Crippen LogP contribution in [0.5, 0.6) is 0 Å². The van der Waals surface area contributed by atoms with E-state index in [1.165, 1.54) is 24.9 Å². The second kappa shape index (κ2) is 6.14. The Morgan fingerprint density at radius 3 is 2.81 bits per heavy atom. The highest BCUT2D eigenvalue weighted by Crippen LogP contribution is 2.52. The molecule has 1 saturated carbocycles. The second-order valence-corrected chi connectivity index (χ2v) is 6.08. The van der Waals surface area contributed by atoms with Crippen molar-refractivity contribution in [2.45, 2.75) is 24.2 Å². The highest BCUT2D eigenvalue weighted by molar-refractivity contribution is 7.99. The third kappa shape index (κ3) is 3.52. The van der Waals surface area contributed by atoms with Crippen LogP contribution in [0.15, 0.2) is 23.1 Å². The highest BCUT2D eigenvalue weighted by Gasteiger charge is 2.45. The van der Waals surface area contributed by atoms with Crippen molar-refractivity contribution in [1.82, 2.24) is 0 Å². The van der Waals surface area contributed by atoms with Gasteiger partial charge in [0.25, 0.3) is 0 Å². The molecule has 1 aliphatic rings.